The maximum absolute atomic E-state index is 11.9. The largest absolute Gasteiger partial charge is 0.351 e. The quantitative estimate of drug-likeness (QED) is 0.782. The van der Waals surface area contributed by atoms with Gasteiger partial charge in [0.05, 0.1) is 11.9 Å². The second-order valence-corrected chi connectivity index (χ2v) is 5.82. The number of nitrogens with zero attached hydrogens (tertiary/aromatic N) is 2. The average molecular weight is 315 g/mol. The van der Waals surface area contributed by atoms with Crippen molar-refractivity contribution >= 4 is 22.4 Å². The maximum atomic E-state index is 11.9. The van der Waals surface area contributed by atoms with Crippen LogP contribution in [-0.2, 0) is 0 Å². The van der Waals surface area contributed by atoms with Gasteiger partial charge in [0.25, 0.3) is 5.91 Å². The molecule has 5 nitrogen and oxygen atoms in total. The highest BCUT2D eigenvalue weighted by Crippen LogP contribution is 2.30. The fraction of sp³-hybridized carbons (Fsp3) is 0.188. The van der Waals surface area contributed by atoms with E-state index in [-0.39, 0.29) is 19.1 Å². The molecule has 0 spiro atoms. The highest BCUT2D eigenvalue weighted by atomic mass is 32.1. The van der Waals surface area contributed by atoms with Crippen LogP contribution in [0.5, 0.6) is 0 Å². The van der Waals surface area contributed by atoms with E-state index in [9.17, 15) is 4.79 Å². The molecule has 1 amide bonds. The summed E-state index contributed by atoms with van der Waals surface area (Å²) in [5.74, 6) is -0.184. The van der Waals surface area contributed by atoms with E-state index in [1.54, 1.807) is 0 Å². The Morgan fingerprint density at radius 1 is 1.18 bits per heavy atom. The number of carbonyl (C=O) groups excluding carboxylic acids is 1. The van der Waals surface area contributed by atoms with Gasteiger partial charge in [0.1, 0.15) is 0 Å². The normalized spacial score (nSPS) is 10.1. The van der Waals surface area contributed by atoms with Crippen molar-refractivity contribution in [2.75, 3.05) is 5.32 Å². The van der Waals surface area contributed by atoms with Gasteiger partial charge in [0, 0.05) is 16.5 Å². The van der Waals surface area contributed by atoms with Crippen LogP contribution < -0.4 is 5.32 Å². The molecule has 3 rings (SSSR count). The zero-order chi connectivity index (χ0) is 14.8. The van der Waals surface area contributed by atoms with Crippen LogP contribution in [0.4, 0.5) is 5.13 Å². The van der Waals surface area contributed by atoms with Crippen LogP contribution in [0.3, 0.4) is 0 Å². The average Bonchev–Trinajstić information content (AvgIpc) is 3.10. The van der Waals surface area contributed by atoms with Gasteiger partial charge < -0.3 is 4.52 Å². The van der Waals surface area contributed by atoms with Crippen molar-refractivity contribution in [1.29, 1.82) is 0 Å². The third-order valence-corrected chi connectivity index (χ3v) is 3.89. The molecule has 0 fully saturated rings. The molecule has 1 aromatic carbocycles. The predicted octanol–water partition coefficient (Wildman–Crippen LogP) is 4.30. The van der Waals surface area contributed by atoms with Gasteiger partial charge in [0.15, 0.2) is 5.13 Å². The monoisotopic (exact) mass is 315 g/mol. The minimum Gasteiger partial charge on any atom is -0.351 e. The topological polar surface area (TPSA) is 68.0 Å². The summed E-state index contributed by atoms with van der Waals surface area (Å²) in [6, 6.07) is 9.65. The second-order valence-electron chi connectivity index (χ2n) is 4.62. The standard InChI is InChI=1S/C15H13N3O2S.CH4/c1-9-3-5-11(6-4-9)13-10(2)21-15(17-13)18-14(19)12-7-8-16-20-12;/h3-8H,1-2H3,(H,17,18,19);1H4. The zero-order valence-electron chi connectivity index (χ0n) is 11.6. The van der Waals surface area contributed by atoms with Crippen LogP contribution in [0.25, 0.3) is 11.3 Å². The first kappa shape index (κ1) is 15.9. The molecule has 0 atom stereocenters. The summed E-state index contributed by atoms with van der Waals surface area (Å²) in [7, 11) is 0. The first-order valence-corrected chi connectivity index (χ1v) is 7.21. The number of amides is 1. The molecule has 0 unspecified atom stereocenters. The number of nitrogens with one attached hydrogen (secondary N) is 1. The molecule has 6 heteroatoms. The lowest BCUT2D eigenvalue weighted by Crippen LogP contribution is -2.10. The lowest BCUT2D eigenvalue weighted by atomic mass is 10.1. The Morgan fingerprint density at radius 3 is 2.55 bits per heavy atom. The molecule has 1 N–H and O–H groups in total. The van der Waals surface area contributed by atoms with Gasteiger partial charge in [-0.15, -0.1) is 11.3 Å². The van der Waals surface area contributed by atoms with Crippen molar-refractivity contribution in [3.63, 3.8) is 0 Å². The number of carbonyl (C=O) groups is 1. The van der Waals surface area contributed by atoms with E-state index >= 15 is 0 Å². The van der Waals surface area contributed by atoms with Crippen molar-refractivity contribution in [2.24, 2.45) is 0 Å². The number of hydrogen-bond acceptors (Lipinski definition) is 5. The van der Waals surface area contributed by atoms with E-state index in [4.69, 9.17) is 4.52 Å². The highest BCUT2D eigenvalue weighted by Gasteiger charge is 2.15. The van der Waals surface area contributed by atoms with Crippen molar-refractivity contribution in [3.8, 4) is 11.3 Å². The number of anilines is 1. The number of rotatable bonds is 3. The summed E-state index contributed by atoms with van der Waals surface area (Å²) in [6.07, 6.45) is 1.43. The van der Waals surface area contributed by atoms with Gasteiger partial charge in [-0.2, -0.15) is 0 Å². The van der Waals surface area contributed by atoms with Crippen LogP contribution in [0.2, 0.25) is 0 Å². The summed E-state index contributed by atoms with van der Waals surface area (Å²) >= 11 is 1.43. The molecule has 0 aliphatic heterocycles. The van der Waals surface area contributed by atoms with Gasteiger partial charge in [-0.25, -0.2) is 4.98 Å². The van der Waals surface area contributed by atoms with Gasteiger partial charge in [0.2, 0.25) is 5.76 Å². The van der Waals surface area contributed by atoms with Crippen LogP contribution in [0, 0.1) is 13.8 Å². The Bertz CT molecular complexity index is 761. The van der Waals surface area contributed by atoms with E-state index in [2.05, 4.69) is 15.5 Å². The fourth-order valence-electron chi connectivity index (χ4n) is 1.92. The molecule has 2 aromatic heterocycles. The molecular formula is C16H17N3O2S. The molecule has 0 aliphatic rings. The number of benzene rings is 1. The minimum atomic E-state index is -0.350. The van der Waals surface area contributed by atoms with Crippen molar-refractivity contribution in [1.82, 2.24) is 10.1 Å². The smallest absolute Gasteiger partial charge is 0.296 e. The van der Waals surface area contributed by atoms with Gasteiger partial charge in [-0.3, -0.25) is 10.1 Å². The lowest BCUT2D eigenvalue weighted by Gasteiger charge is -1.99. The van der Waals surface area contributed by atoms with E-state index in [0.717, 1.165) is 16.1 Å². The first-order valence-electron chi connectivity index (χ1n) is 6.40. The van der Waals surface area contributed by atoms with Gasteiger partial charge in [-0.1, -0.05) is 42.4 Å². The molecule has 0 radical (unpaired) electrons. The number of aryl methyl sites for hydroxylation is 2. The van der Waals surface area contributed by atoms with Gasteiger partial charge in [-0.05, 0) is 13.8 Å². The summed E-state index contributed by atoms with van der Waals surface area (Å²) in [4.78, 5) is 17.4. The molecular weight excluding hydrogens is 298 g/mol. The number of aromatic nitrogens is 2. The second kappa shape index (κ2) is 6.53. The van der Waals surface area contributed by atoms with Crippen molar-refractivity contribution < 1.29 is 9.32 Å². The predicted molar refractivity (Wildman–Crippen MR) is 88.2 cm³/mol. The van der Waals surface area contributed by atoms with E-state index in [1.165, 1.54) is 29.2 Å². The molecule has 3 aromatic rings. The molecule has 2 heterocycles. The fourth-order valence-corrected chi connectivity index (χ4v) is 2.75. The summed E-state index contributed by atoms with van der Waals surface area (Å²) < 4.78 is 4.82. The minimum absolute atomic E-state index is 0. The third kappa shape index (κ3) is 3.23. The summed E-state index contributed by atoms with van der Waals surface area (Å²) in [5.41, 5.74) is 3.12. The van der Waals surface area contributed by atoms with E-state index in [0.29, 0.717) is 5.13 Å². The van der Waals surface area contributed by atoms with Crippen LogP contribution >= 0.6 is 11.3 Å². The van der Waals surface area contributed by atoms with Gasteiger partial charge >= 0.3 is 0 Å². The Morgan fingerprint density at radius 2 is 1.91 bits per heavy atom. The Hall–Kier alpha value is -2.47. The van der Waals surface area contributed by atoms with Crippen molar-refractivity contribution in [2.45, 2.75) is 21.3 Å². The Kier molecular flexibility index (Phi) is 4.72. The Labute approximate surface area is 133 Å². The van der Waals surface area contributed by atoms with Crippen LogP contribution in [-0.4, -0.2) is 16.0 Å². The van der Waals surface area contributed by atoms with Crippen molar-refractivity contribution in [3.05, 3.63) is 52.7 Å². The molecule has 0 bridgehead atoms. The van der Waals surface area contributed by atoms with E-state index < -0.39 is 0 Å². The highest BCUT2D eigenvalue weighted by molar-refractivity contribution is 7.16. The first-order chi connectivity index (χ1) is 10.1. The van der Waals surface area contributed by atoms with E-state index in [1.807, 2.05) is 38.1 Å². The summed E-state index contributed by atoms with van der Waals surface area (Å²) in [6.45, 7) is 4.03. The number of thiazole rings is 1. The molecule has 0 saturated heterocycles. The zero-order valence-corrected chi connectivity index (χ0v) is 12.4. The van der Waals surface area contributed by atoms with Crippen LogP contribution in [0.1, 0.15) is 28.4 Å². The molecule has 0 saturated carbocycles. The van der Waals surface area contributed by atoms with Crippen LogP contribution in [0.15, 0.2) is 41.1 Å². The third-order valence-electron chi connectivity index (χ3n) is 3.00. The molecule has 22 heavy (non-hydrogen) atoms. The molecule has 114 valence electrons. The Balaban J connectivity index is 0.00000176. The maximum Gasteiger partial charge on any atom is 0.296 e. The summed E-state index contributed by atoms with van der Waals surface area (Å²) in [5, 5.41) is 6.78. The lowest BCUT2D eigenvalue weighted by molar-refractivity contribution is 0.0988. The molecule has 0 aliphatic carbocycles. The SMILES string of the molecule is C.Cc1ccc(-c2nc(NC(=O)c3ccno3)sc2C)cc1. The number of hydrogen-bond donors (Lipinski definition) is 1.